The van der Waals surface area contributed by atoms with E-state index in [1.165, 1.54) is 21.9 Å². The van der Waals surface area contributed by atoms with Gasteiger partial charge in [0.05, 0.1) is 7.11 Å². The van der Waals surface area contributed by atoms with Crippen molar-refractivity contribution in [3.8, 4) is 5.75 Å². The first-order valence-corrected chi connectivity index (χ1v) is 8.50. The van der Waals surface area contributed by atoms with Crippen molar-refractivity contribution in [2.24, 2.45) is 0 Å². The standard InChI is InChI=1S/C17H15N3O3S/c1-23-12-4-5-14-11(9-12)3-2-6-19(14)15(21)13-10-18-17-20(16(13)22)7-8-24-17/h4-5,7-10H,2-3,6H2,1H3. The van der Waals surface area contributed by atoms with Crippen LogP contribution < -0.4 is 15.2 Å². The number of aromatic nitrogens is 2. The second kappa shape index (κ2) is 5.76. The van der Waals surface area contributed by atoms with Gasteiger partial charge in [-0.05, 0) is 36.6 Å². The predicted molar refractivity (Wildman–Crippen MR) is 92.3 cm³/mol. The van der Waals surface area contributed by atoms with Crippen LogP contribution >= 0.6 is 11.3 Å². The largest absolute Gasteiger partial charge is 0.497 e. The van der Waals surface area contributed by atoms with Crippen LogP contribution in [0, 0.1) is 0 Å². The number of aryl methyl sites for hydroxylation is 1. The van der Waals surface area contributed by atoms with Gasteiger partial charge in [-0.1, -0.05) is 0 Å². The molecule has 0 fully saturated rings. The number of anilines is 1. The van der Waals surface area contributed by atoms with Crippen LogP contribution in [0.15, 0.2) is 40.8 Å². The lowest BCUT2D eigenvalue weighted by Gasteiger charge is -2.29. The van der Waals surface area contributed by atoms with Crippen molar-refractivity contribution < 1.29 is 9.53 Å². The summed E-state index contributed by atoms with van der Waals surface area (Å²) in [4.78, 5) is 32.0. The van der Waals surface area contributed by atoms with Gasteiger partial charge in [0.2, 0.25) is 0 Å². The summed E-state index contributed by atoms with van der Waals surface area (Å²) in [5.74, 6) is 0.462. The summed E-state index contributed by atoms with van der Waals surface area (Å²) in [6, 6.07) is 5.65. The first-order chi connectivity index (χ1) is 11.7. The van der Waals surface area contributed by atoms with Gasteiger partial charge in [0.15, 0.2) is 4.96 Å². The molecule has 6 nitrogen and oxygen atoms in total. The van der Waals surface area contributed by atoms with Crippen LogP contribution in [0.5, 0.6) is 5.75 Å². The number of methoxy groups -OCH3 is 1. The van der Waals surface area contributed by atoms with E-state index in [1.807, 2.05) is 18.2 Å². The Morgan fingerprint density at radius 1 is 1.38 bits per heavy atom. The van der Waals surface area contributed by atoms with Crippen molar-refractivity contribution in [3.63, 3.8) is 0 Å². The number of amides is 1. The van der Waals surface area contributed by atoms with E-state index in [9.17, 15) is 9.59 Å². The molecule has 1 aliphatic heterocycles. The molecule has 1 aliphatic rings. The molecule has 2 aromatic heterocycles. The molecule has 0 bridgehead atoms. The Hall–Kier alpha value is -2.67. The number of carbonyl (C=O) groups excluding carboxylic acids is 1. The Morgan fingerprint density at radius 2 is 2.25 bits per heavy atom. The number of fused-ring (bicyclic) bond motifs is 2. The third kappa shape index (κ3) is 2.28. The highest BCUT2D eigenvalue weighted by Gasteiger charge is 2.26. The molecule has 3 heterocycles. The SMILES string of the molecule is COc1ccc2c(c1)CCCN2C(=O)c1cnc2sccn2c1=O. The summed E-state index contributed by atoms with van der Waals surface area (Å²) in [5, 5.41) is 1.78. The molecule has 24 heavy (non-hydrogen) atoms. The summed E-state index contributed by atoms with van der Waals surface area (Å²) in [6.07, 6.45) is 4.76. The topological polar surface area (TPSA) is 63.9 Å². The normalized spacial score (nSPS) is 13.8. The average Bonchev–Trinajstić information content (AvgIpc) is 3.10. The number of rotatable bonds is 2. The average molecular weight is 341 g/mol. The first-order valence-electron chi connectivity index (χ1n) is 7.62. The van der Waals surface area contributed by atoms with E-state index < -0.39 is 0 Å². The zero-order chi connectivity index (χ0) is 16.7. The minimum Gasteiger partial charge on any atom is -0.497 e. The molecule has 4 rings (SSSR count). The van der Waals surface area contributed by atoms with E-state index in [-0.39, 0.29) is 17.0 Å². The number of hydrogen-bond donors (Lipinski definition) is 0. The van der Waals surface area contributed by atoms with Crippen LogP contribution in [0.25, 0.3) is 4.96 Å². The molecule has 7 heteroatoms. The van der Waals surface area contributed by atoms with E-state index in [0.29, 0.717) is 11.5 Å². The smallest absolute Gasteiger partial charge is 0.271 e. The second-order valence-electron chi connectivity index (χ2n) is 5.59. The van der Waals surface area contributed by atoms with Crippen molar-refractivity contribution >= 4 is 27.9 Å². The van der Waals surface area contributed by atoms with Crippen molar-refractivity contribution in [2.45, 2.75) is 12.8 Å². The fourth-order valence-corrected chi connectivity index (χ4v) is 3.70. The Kier molecular flexibility index (Phi) is 3.57. The number of hydrogen-bond acceptors (Lipinski definition) is 5. The number of ether oxygens (including phenoxy) is 1. The summed E-state index contributed by atoms with van der Waals surface area (Å²) >= 11 is 1.36. The molecular weight excluding hydrogens is 326 g/mol. The van der Waals surface area contributed by atoms with Crippen molar-refractivity contribution in [3.05, 3.63) is 57.5 Å². The monoisotopic (exact) mass is 341 g/mol. The van der Waals surface area contributed by atoms with E-state index >= 15 is 0 Å². The van der Waals surface area contributed by atoms with Crippen LogP contribution in [0.4, 0.5) is 5.69 Å². The highest BCUT2D eigenvalue weighted by atomic mass is 32.1. The van der Waals surface area contributed by atoms with Gasteiger partial charge in [-0.25, -0.2) is 4.98 Å². The highest BCUT2D eigenvalue weighted by molar-refractivity contribution is 7.15. The van der Waals surface area contributed by atoms with Crippen LogP contribution in [0.1, 0.15) is 22.3 Å². The molecule has 0 radical (unpaired) electrons. The van der Waals surface area contributed by atoms with E-state index in [2.05, 4.69) is 4.98 Å². The van der Waals surface area contributed by atoms with Crippen LogP contribution in [-0.4, -0.2) is 28.9 Å². The van der Waals surface area contributed by atoms with Gasteiger partial charge in [-0.3, -0.25) is 14.0 Å². The first kappa shape index (κ1) is 14.9. The molecule has 0 N–H and O–H groups in total. The van der Waals surface area contributed by atoms with Crippen molar-refractivity contribution in [1.29, 1.82) is 0 Å². The molecule has 0 saturated carbocycles. The van der Waals surface area contributed by atoms with Gasteiger partial charge in [0.1, 0.15) is 11.3 Å². The van der Waals surface area contributed by atoms with E-state index in [1.54, 1.807) is 23.6 Å². The van der Waals surface area contributed by atoms with Crippen LogP contribution in [0.2, 0.25) is 0 Å². The quantitative estimate of drug-likeness (QED) is 0.718. The van der Waals surface area contributed by atoms with Gasteiger partial charge in [-0.2, -0.15) is 0 Å². The zero-order valence-electron chi connectivity index (χ0n) is 13.1. The lowest BCUT2D eigenvalue weighted by molar-refractivity contribution is 0.0983. The summed E-state index contributed by atoms with van der Waals surface area (Å²) in [6.45, 7) is 0.587. The number of benzene rings is 1. The fraction of sp³-hybridized carbons (Fsp3) is 0.235. The maximum absolute atomic E-state index is 12.9. The third-order valence-electron chi connectivity index (χ3n) is 4.22. The number of thiazole rings is 1. The van der Waals surface area contributed by atoms with E-state index in [4.69, 9.17) is 4.74 Å². The highest BCUT2D eigenvalue weighted by Crippen LogP contribution is 2.31. The van der Waals surface area contributed by atoms with Crippen LogP contribution in [0.3, 0.4) is 0 Å². The second-order valence-corrected chi connectivity index (χ2v) is 6.46. The third-order valence-corrected chi connectivity index (χ3v) is 4.99. The Labute approximate surface area is 141 Å². The predicted octanol–water partition coefficient (Wildman–Crippen LogP) is 2.36. The number of carbonyl (C=O) groups is 1. The lowest BCUT2D eigenvalue weighted by Crippen LogP contribution is -2.39. The lowest BCUT2D eigenvalue weighted by atomic mass is 10.0. The minimum atomic E-state index is -0.327. The molecule has 0 saturated heterocycles. The molecular formula is C17H15N3O3S. The van der Waals surface area contributed by atoms with E-state index in [0.717, 1.165) is 29.8 Å². The maximum atomic E-state index is 12.9. The molecule has 3 aromatic rings. The Morgan fingerprint density at radius 3 is 3.08 bits per heavy atom. The maximum Gasteiger partial charge on any atom is 0.271 e. The van der Waals surface area contributed by atoms with Gasteiger partial charge < -0.3 is 9.64 Å². The molecule has 0 spiro atoms. The summed E-state index contributed by atoms with van der Waals surface area (Å²) in [7, 11) is 1.62. The van der Waals surface area contributed by atoms with Gasteiger partial charge in [0, 0.05) is 30.0 Å². The van der Waals surface area contributed by atoms with Gasteiger partial charge in [0.25, 0.3) is 11.5 Å². The minimum absolute atomic E-state index is 0.0922. The Balaban J connectivity index is 1.78. The van der Waals surface area contributed by atoms with Gasteiger partial charge >= 0.3 is 0 Å². The van der Waals surface area contributed by atoms with Crippen molar-refractivity contribution in [1.82, 2.24) is 9.38 Å². The fourth-order valence-electron chi connectivity index (χ4n) is 3.03. The summed E-state index contributed by atoms with van der Waals surface area (Å²) in [5.41, 5.74) is 1.65. The van der Waals surface area contributed by atoms with Gasteiger partial charge in [-0.15, -0.1) is 11.3 Å². The molecule has 1 amide bonds. The molecule has 0 atom stereocenters. The molecule has 0 unspecified atom stereocenters. The summed E-state index contributed by atoms with van der Waals surface area (Å²) < 4.78 is 6.67. The Bertz CT molecular complexity index is 992. The molecule has 122 valence electrons. The number of nitrogens with zero attached hydrogens (tertiary/aromatic N) is 3. The zero-order valence-corrected chi connectivity index (χ0v) is 13.9. The van der Waals surface area contributed by atoms with Crippen LogP contribution in [-0.2, 0) is 6.42 Å². The molecule has 0 aliphatic carbocycles. The molecule has 1 aromatic carbocycles. The van der Waals surface area contributed by atoms with Crippen molar-refractivity contribution in [2.75, 3.05) is 18.6 Å².